The van der Waals surface area contributed by atoms with Crippen molar-refractivity contribution in [2.75, 3.05) is 0 Å². The lowest BCUT2D eigenvalue weighted by molar-refractivity contribution is 0.219. The van der Waals surface area contributed by atoms with Crippen LogP contribution in [-0.2, 0) is 27.9 Å². The van der Waals surface area contributed by atoms with Gasteiger partial charge in [-0.25, -0.2) is 0 Å². The van der Waals surface area contributed by atoms with E-state index in [0.29, 0.717) is 0 Å². The SMILES string of the molecule is C1=COB2O/C=C\C=C/OB(OC=C1)O/C=C\C=C/O2. The summed E-state index contributed by atoms with van der Waals surface area (Å²) in [5.41, 5.74) is 0. The van der Waals surface area contributed by atoms with Gasteiger partial charge in [0.25, 0.3) is 0 Å². The van der Waals surface area contributed by atoms with Crippen LogP contribution in [0.4, 0.5) is 0 Å². The number of hydrogen-bond donors (Lipinski definition) is 0. The lowest BCUT2D eigenvalue weighted by Crippen LogP contribution is -2.21. The predicted octanol–water partition coefficient (Wildman–Crippen LogP) is 2.17. The molecule has 3 aliphatic heterocycles. The Balaban J connectivity index is 2.18. The highest BCUT2D eigenvalue weighted by Gasteiger charge is 2.25. The molecular formula is C12H12B2O6. The third kappa shape index (κ3) is 5.34. The van der Waals surface area contributed by atoms with Gasteiger partial charge < -0.3 is 27.9 Å². The Hall–Kier alpha value is -2.63. The molecular weight excluding hydrogens is 262 g/mol. The maximum atomic E-state index is 5.23. The van der Waals surface area contributed by atoms with Gasteiger partial charge in [-0.2, -0.15) is 0 Å². The van der Waals surface area contributed by atoms with Crippen LogP contribution in [0.25, 0.3) is 0 Å². The Morgan fingerprint density at radius 1 is 0.350 bits per heavy atom. The van der Waals surface area contributed by atoms with Crippen molar-refractivity contribution in [3.05, 3.63) is 74.0 Å². The largest absolute Gasteiger partial charge is 0.862 e. The fourth-order valence-electron chi connectivity index (χ4n) is 1.12. The molecule has 3 aliphatic rings. The van der Waals surface area contributed by atoms with Gasteiger partial charge in [-0.3, -0.25) is 0 Å². The average Bonchev–Trinajstić information content (AvgIpc) is 2.47. The van der Waals surface area contributed by atoms with Crippen LogP contribution in [-0.4, -0.2) is 14.6 Å². The normalized spacial score (nSPS) is 24.4. The average molecular weight is 274 g/mol. The molecule has 0 aliphatic carbocycles. The molecule has 0 fully saturated rings. The molecule has 0 saturated carbocycles. The number of hydrogen-bond acceptors (Lipinski definition) is 6. The first-order chi connectivity index (χ1) is 9.95. The third-order valence-corrected chi connectivity index (χ3v) is 1.94. The van der Waals surface area contributed by atoms with Crippen LogP contribution >= 0.6 is 0 Å². The summed E-state index contributed by atoms with van der Waals surface area (Å²) in [6.45, 7) is 0. The predicted molar refractivity (Wildman–Crippen MR) is 72.9 cm³/mol. The molecule has 0 atom stereocenters. The zero-order valence-corrected chi connectivity index (χ0v) is 10.5. The van der Waals surface area contributed by atoms with Gasteiger partial charge in [0, 0.05) is 0 Å². The van der Waals surface area contributed by atoms with Crippen LogP contribution in [0.1, 0.15) is 0 Å². The Labute approximate surface area is 117 Å². The van der Waals surface area contributed by atoms with Crippen LogP contribution in [0.5, 0.6) is 0 Å². The molecule has 0 amide bonds. The van der Waals surface area contributed by atoms with Gasteiger partial charge >= 0.3 is 14.6 Å². The molecule has 20 heavy (non-hydrogen) atoms. The summed E-state index contributed by atoms with van der Waals surface area (Å²) in [5.74, 6) is 0. The van der Waals surface area contributed by atoms with Crippen LogP contribution in [0.2, 0.25) is 0 Å². The van der Waals surface area contributed by atoms with Gasteiger partial charge in [0.2, 0.25) is 0 Å². The molecule has 0 unspecified atom stereocenters. The summed E-state index contributed by atoms with van der Waals surface area (Å²) < 4.78 is 31.4. The third-order valence-electron chi connectivity index (χ3n) is 1.94. The molecule has 2 bridgehead atoms. The second kappa shape index (κ2) is 8.47. The van der Waals surface area contributed by atoms with Crippen molar-refractivity contribution in [3.8, 4) is 0 Å². The van der Waals surface area contributed by atoms with Crippen molar-refractivity contribution >= 4 is 14.6 Å². The first-order valence-electron chi connectivity index (χ1n) is 5.83. The summed E-state index contributed by atoms with van der Waals surface area (Å²) >= 11 is 0. The molecule has 0 aromatic heterocycles. The molecule has 0 aromatic carbocycles. The van der Waals surface area contributed by atoms with E-state index in [-0.39, 0.29) is 0 Å². The van der Waals surface area contributed by atoms with Crippen molar-refractivity contribution in [2.24, 2.45) is 0 Å². The van der Waals surface area contributed by atoms with Gasteiger partial charge in [-0.15, -0.1) is 0 Å². The highest BCUT2D eigenvalue weighted by Crippen LogP contribution is 2.01. The second-order valence-corrected chi connectivity index (χ2v) is 3.37. The van der Waals surface area contributed by atoms with Crippen LogP contribution < -0.4 is 0 Å². The summed E-state index contributed by atoms with van der Waals surface area (Å²) in [6.07, 6.45) is 18.1. The minimum absolute atomic E-state index is 0.907. The highest BCUT2D eigenvalue weighted by molar-refractivity contribution is 6.37. The summed E-state index contributed by atoms with van der Waals surface area (Å²) in [5, 5.41) is 0. The fourth-order valence-corrected chi connectivity index (χ4v) is 1.12. The van der Waals surface area contributed by atoms with Crippen LogP contribution in [0.3, 0.4) is 0 Å². The van der Waals surface area contributed by atoms with E-state index in [1.807, 2.05) is 0 Å². The zero-order chi connectivity index (χ0) is 13.9. The lowest BCUT2D eigenvalue weighted by atomic mass is 10.2. The van der Waals surface area contributed by atoms with Gasteiger partial charge in [-0.05, 0) is 36.5 Å². The lowest BCUT2D eigenvalue weighted by Gasteiger charge is -2.10. The molecule has 3 heterocycles. The smallest absolute Gasteiger partial charge is 0.496 e. The number of rotatable bonds is 0. The quantitative estimate of drug-likeness (QED) is 0.631. The van der Waals surface area contributed by atoms with Gasteiger partial charge in [0.05, 0.1) is 37.6 Å². The van der Waals surface area contributed by atoms with Gasteiger partial charge in [0.1, 0.15) is 0 Å². The van der Waals surface area contributed by atoms with Gasteiger partial charge in [-0.1, -0.05) is 0 Å². The highest BCUT2D eigenvalue weighted by atomic mass is 16.7. The summed E-state index contributed by atoms with van der Waals surface area (Å²) in [6, 6.07) is 0. The molecule has 0 radical (unpaired) electrons. The van der Waals surface area contributed by atoms with Crippen molar-refractivity contribution in [1.82, 2.24) is 0 Å². The van der Waals surface area contributed by atoms with Crippen LogP contribution in [0, 0.1) is 0 Å². The molecule has 0 aromatic rings. The number of allylic oxidation sites excluding steroid dienone is 6. The Bertz CT molecular complexity index is 346. The summed E-state index contributed by atoms with van der Waals surface area (Å²) in [4.78, 5) is 0. The summed E-state index contributed by atoms with van der Waals surface area (Å²) in [7, 11) is -1.81. The molecule has 0 N–H and O–H groups in total. The second-order valence-electron chi connectivity index (χ2n) is 3.37. The van der Waals surface area contributed by atoms with Crippen molar-refractivity contribution < 1.29 is 27.9 Å². The van der Waals surface area contributed by atoms with Crippen LogP contribution in [0.15, 0.2) is 74.0 Å². The van der Waals surface area contributed by atoms with Crippen molar-refractivity contribution in [3.63, 3.8) is 0 Å². The van der Waals surface area contributed by atoms with E-state index in [9.17, 15) is 0 Å². The van der Waals surface area contributed by atoms with E-state index in [4.69, 9.17) is 27.9 Å². The van der Waals surface area contributed by atoms with E-state index < -0.39 is 14.6 Å². The molecule has 0 spiro atoms. The van der Waals surface area contributed by atoms with Crippen molar-refractivity contribution in [1.29, 1.82) is 0 Å². The maximum Gasteiger partial charge on any atom is 0.862 e. The standard InChI is InChI=1S/C12H12B2O6/c1-2-8-16-14-19-11-5-3-9-17-13(15-7-1)18-10-4-6-12-20-14/h1-12H/b7-1-,8-2-,9-3-,10-4?,11-5-,12-6?. The Kier molecular flexibility index (Phi) is 5.84. The zero-order valence-electron chi connectivity index (χ0n) is 10.5. The molecule has 102 valence electrons. The molecule has 3 rings (SSSR count). The first-order valence-corrected chi connectivity index (χ1v) is 5.83. The maximum absolute atomic E-state index is 5.23. The van der Waals surface area contributed by atoms with Crippen molar-refractivity contribution in [2.45, 2.75) is 0 Å². The topological polar surface area (TPSA) is 55.4 Å². The minimum Gasteiger partial charge on any atom is -0.496 e. The van der Waals surface area contributed by atoms with E-state index in [1.165, 1.54) is 37.6 Å². The monoisotopic (exact) mass is 274 g/mol. The van der Waals surface area contributed by atoms with E-state index in [1.54, 1.807) is 36.5 Å². The molecule has 6 nitrogen and oxygen atoms in total. The number of fused-ring (bicyclic) bond motifs is 9. The van der Waals surface area contributed by atoms with E-state index in [0.717, 1.165) is 0 Å². The Morgan fingerprint density at radius 2 is 0.550 bits per heavy atom. The Morgan fingerprint density at radius 3 is 0.750 bits per heavy atom. The minimum atomic E-state index is -0.907. The fraction of sp³-hybridized carbons (Fsp3) is 0. The van der Waals surface area contributed by atoms with Gasteiger partial charge in [0.15, 0.2) is 0 Å². The molecule has 0 saturated heterocycles. The first kappa shape index (κ1) is 13.8. The van der Waals surface area contributed by atoms with E-state index in [2.05, 4.69) is 0 Å². The van der Waals surface area contributed by atoms with E-state index >= 15 is 0 Å². The molecule has 8 heteroatoms.